The third-order valence-corrected chi connectivity index (χ3v) is 3.69. The summed E-state index contributed by atoms with van der Waals surface area (Å²) in [6.45, 7) is 1.82. The summed E-state index contributed by atoms with van der Waals surface area (Å²) in [6, 6.07) is 2.40. The summed E-state index contributed by atoms with van der Waals surface area (Å²) in [5, 5.41) is 13.8. The second-order valence-corrected chi connectivity index (χ2v) is 5.43. The molecule has 0 aliphatic rings. The van der Waals surface area contributed by atoms with Crippen LogP contribution in [0.2, 0.25) is 0 Å². The first-order chi connectivity index (χ1) is 10.0. The lowest BCUT2D eigenvalue weighted by Gasteiger charge is -2.12. The van der Waals surface area contributed by atoms with Crippen LogP contribution in [-0.2, 0) is 14.4 Å². The highest BCUT2D eigenvalue weighted by atomic mass is 32.2. The van der Waals surface area contributed by atoms with E-state index in [0.717, 1.165) is 0 Å². The third-order valence-electron chi connectivity index (χ3n) is 2.70. The highest BCUT2D eigenvalue weighted by Crippen LogP contribution is 2.13. The van der Waals surface area contributed by atoms with E-state index in [4.69, 9.17) is 9.52 Å². The smallest absolute Gasteiger partial charge is 0.326 e. The van der Waals surface area contributed by atoms with Gasteiger partial charge < -0.3 is 20.2 Å². The van der Waals surface area contributed by atoms with E-state index in [2.05, 4.69) is 10.6 Å². The highest BCUT2D eigenvalue weighted by molar-refractivity contribution is 7.99. The number of carboxylic acids is 1. The van der Waals surface area contributed by atoms with Crippen molar-refractivity contribution in [2.24, 2.45) is 0 Å². The molecule has 2 atom stereocenters. The molecule has 1 heterocycles. The first-order valence-corrected chi connectivity index (χ1v) is 7.53. The Kier molecular flexibility index (Phi) is 7.38. The summed E-state index contributed by atoms with van der Waals surface area (Å²) in [6.07, 6.45) is 2.17. The normalized spacial score (nSPS) is 13.2. The maximum atomic E-state index is 11.7. The van der Waals surface area contributed by atoms with Crippen LogP contribution in [0.25, 0.3) is 0 Å². The Morgan fingerprint density at radius 1 is 1.52 bits per heavy atom. The van der Waals surface area contributed by atoms with E-state index in [1.165, 1.54) is 11.8 Å². The molecule has 7 nitrogen and oxygen atoms in total. The average Bonchev–Trinajstić information content (AvgIpc) is 2.96. The number of aliphatic carboxylic acids is 1. The van der Waals surface area contributed by atoms with Crippen molar-refractivity contribution in [3.05, 3.63) is 24.2 Å². The number of rotatable bonds is 10. The van der Waals surface area contributed by atoms with Crippen LogP contribution in [0.15, 0.2) is 22.8 Å². The fourth-order valence-corrected chi connectivity index (χ4v) is 2.43. The van der Waals surface area contributed by atoms with Gasteiger partial charge in [-0.05, 0) is 31.2 Å². The van der Waals surface area contributed by atoms with Crippen LogP contribution in [0, 0.1) is 0 Å². The van der Waals surface area contributed by atoms with Crippen molar-refractivity contribution in [2.75, 3.05) is 11.5 Å². The van der Waals surface area contributed by atoms with E-state index in [9.17, 15) is 14.4 Å². The summed E-state index contributed by atoms with van der Waals surface area (Å²) in [5.41, 5.74) is 0. The van der Waals surface area contributed by atoms with Gasteiger partial charge in [-0.1, -0.05) is 0 Å². The molecule has 0 aliphatic heterocycles. The molecule has 2 unspecified atom stereocenters. The van der Waals surface area contributed by atoms with Gasteiger partial charge in [-0.2, -0.15) is 11.8 Å². The first-order valence-electron chi connectivity index (χ1n) is 6.37. The van der Waals surface area contributed by atoms with E-state index in [0.29, 0.717) is 17.9 Å². The zero-order chi connectivity index (χ0) is 15.7. The minimum Gasteiger partial charge on any atom is -0.480 e. The number of hydrogen-bond donors (Lipinski definition) is 3. The third kappa shape index (κ3) is 6.35. The van der Waals surface area contributed by atoms with E-state index >= 15 is 0 Å². The monoisotopic (exact) mass is 314 g/mol. The lowest BCUT2D eigenvalue weighted by atomic mass is 10.2. The molecular formula is C13H18N2O5S. The zero-order valence-electron chi connectivity index (χ0n) is 11.6. The summed E-state index contributed by atoms with van der Waals surface area (Å²) in [7, 11) is 0. The Morgan fingerprint density at radius 2 is 2.29 bits per heavy atom. The predicted molar refractivity (Wildman–Crippen MR) is 77.8 cm³/mol. The molecule has 3 N–H and O–H groups in total. The molecule has 2 amide bonds. The quantitative estimate of drug-likeness (QED) is 0.435. The largest absolute Gasteiger partial charge is 0.480 e. The van der Waals surface area contributed by atoms with Crippen molar-refractivity contribution in [3.63, 3.8) is 0 Å². The van der Waals surface area contributed by atoms with Crippen LogP contribution in [0.4, 0.5) is 0 Å². The van der Waals surface area contributed by atoms with Crippen LogP contribution in [0.1, 0.15) is 25.1 Å². The fourth-order valence-electron chi connectivity index (χ4n) is 1.62. The number of hydrogen-bond acceptors (Lipinski definition) is 5. The summed E-state index contributed by atoms with van der Waals surface area (Å²) in [4.78, 5) is 32.7. The molecule has 0 saturated heterocycles. The van der Waals surface area contributed by atoms with Crippen molar-refractivity contribution in [1.29, 1.82) is 0 Å². The van der Waals surface area contributed by atoms with E-state index in [1.54, 1.807) is 18.4 Å². The number of carbonyl (C=O) groups excluding carboxylic acids is 2. The maximum Gasteiger partial charge on any atom is 0.326 e. The van der Waals surface area contributed by atoms with Crippen molar-refractivity contribution in [3.8, 4) is 0 Å². The second kappa shape index (κ2) is 9.06. The molecule has 1 rings (SSSR count). The zero-order valence-corrected chi connectivity index (χ0v) is 12.4. The maximum absolute atomic E-state index is 11.7. The number of carbonyl (C=O) groups is 3. The number of thioether (sulfide) groups is 1. The van der Waals surface area contributed by atoms with Crippen LogP contribution in [-0.4, -0.2) is 40.9 Å². The van der Waals surface area contributed by atoms with Crippen molar-refractivity contribution in [1.82, 2.24) is 10.6 Å². The molecule has 21 heavy (non-hydrogen) atoms. The molecule has 0 spiro atoms. The van der Waals surface area contributed by atoms with Crippen LogP contribution in [0.5, 0.6) is 0 Å². The van der Waals surface area contributed by atoms with Gasteiger partial charge in [-0.15, -0.1) is 0 Å². The standard InChI is InChI=1S/C13H18N2O5S/c1-9(11-3-2-5-20-11)15-12(17)7-21-6-4-10(13(18)19)14-8-16/h2-3,5,8-10H,4,6-7H2,1H3,(H,14,16)(H,15,17)(H,18,19). The Labute approximate surface area is 126 Å². The summed E-state index contributed by atoms with van der Waals surface area (Å²) >= 11 is 1.31. The molecule has 0 bridgehead atoms. The number of carboxylic acid groups (broad SMARTS) is 1. The van der Waals surface area contributed by atoms with E-state index < -0.39 is 12.0 Å². The molecule has 0 fully saturated rings. The Morgan fingerprint density at radius 3 is 2.86 bits per heavy atom. The van der Waals surface area contributed by atoms with Crippen LogP contribution in [0.3, 0.4) is 0 Å². The van der Waals surface area contributed by atoms with E-state index in [-0.39, 0.29) is 24.1 Å². The molecule has 1 aromatic heterocycles. The van der Waals surface area contributed by atoms with Gasteiger partial charge in [0.25, 0.3) is 0 Å². The van der Waals surface area contributed by atoms with Gasteiger partial charge in [0.15, 0.2) is 0 Å². The number of amides is 2. The summed E-state index contributed by atoms with van der Waals surface area (Å²) in [5.74, 6) is 0.117. The minimum atomic E-state index is -1.08. The van der Waals surface area contributed by atoms with Crippen LogP contribution < -0.4 is 10.6 Å². The fraction of sp³-hybridized carbons (Fsp3) is 0.462. The van der Waals surface area contributed by atoms with Gasteiger partial charge in [-0.3, -0.25) is 9.59 Å². The molecular weight excluding hydrogens is 296 g/mol. The first kappa shape index (κ1) is 17.1. The minimum absolute atomic E-state index is 0.154. The van der Waals surface area contributed by atoms with E-state index in [1.807, 2.05) is 6.92 Å². The molecule has 0 aliphatic carbocycles. The molecule has 116 valence electrons. The van der Waals surface area contributed by atoms with Gasteiger partial charge >= 0.3 is 5.97 Å². The lowest BCUT2D eigenvalue weighted by molar-refractivity contribution is -0.140. The number of furan rings is 1. The SMILES string of the molecule is CC(NC(=O)CSCCC(NC=O)C(=O)O)c1ccco1. The van der Waals surface area contributed by atoms with Gasteiger partial charge in [0.1, 0.15) is 11.8 Å². The average molecular weight is 314 g/mol. The number of nitrogens with one attached hydrogen (secondary N) is 2. The van der Waals surface area contributed by atoms with Crippen molar-refractivity contribution >= 4 is 30.0 Å². The highest BCUT2D eigenvalue weighted by Gasteiger charge is 2.16. The van der Waals surface area contributed by atoms with Gasteiger partial charge in [0.2, 0.25) is 12.3 Å². The Balaban J connectivity index is 2.21. The molecule has 8 heteroatoms. The van der Waals surface area contributed by atoms with Crippen molar-refractivity contribution < 1.29 is 23.9 Å². The molecule has 0 radical (unpaired) electrons. The van der Waals surface area contributed by atoms with Crippen LogP contribution >= 0.6 is 11.8 Å². The topological polar surface area (TPSA) is 109 Å². The molecule has 0 saturated carbocycles. The Bertz CT molecular complexity index is 463. The Hall–Kier alpha value is -1.96. The lowest BCUT2D eigenvalue weighted by Crippen LogP contribution is -2.36. The molecule has 0 aromatic carbocycles. The van der Waals surface area contributed by atoms with Gasteiger partial charge in [-0.25, -0.2) is 4.79 Å². The predicted octanol–water partition coefficient (Wildman–Crippen LogP) is 0.779. The summed E-state index contributed by atoms with van der Waals surface area (Å²) < 4.78 is 5.18. The van der Waals surface area contributed by atoms with Gasteiger partial charge in [0.05, 0.1) is 18.1 Å². The molecule has 1 aromatic rings. The van der Waals surface area contributed by atoms with Crippen molar-refractivity contribution in [2.45, 2.75) is 25.4 Å². The second-order valence-electron chi connectivity index (χ2n) is 4.32. The van der Waals surface area contributed by atoms with Gasteiger partial charge in [0, 0.05) is 0 Å².